The first-order chi connectivity index (χ1) is 14.5. The highest BCUT2D eigenvalue weighted by molar-refractivity contribution is 8.00. The molecule has 8 nitrogen and oxygen atoms in total. The monoisotopic (exact) mass is 425 g/mol. The molecule has 30 heavy (non-hydrogen) atoms. The van der Waals surface area contributed by atoms with E-state index in [4.69, 9.17) is 0 Å². The molecule has 1 fully saturated rings. The van der Waals surface area contributed by atoms with Crippen molar-refractivity contribution in [3.8, 4) is 11.4 Å². The van der Waals surface area contributed by atoms with Crippen molar-refractivity contribution < 1.29 is 4.79 Å². The second kappa shape index (κ2) is 8.43. The Morgan fingerprint density at radius 1 is 1.10 bits per heavy atom. The second-order valence-electron chi connectivity index (χ2n) is 7.46. The number of nitrogens with one attached hydrogen (secondary N) is 1. The maximum absolute atomic E-state index is 12.8. The predicted molar refractivity (Wildman–Crippen MR) is 117 cm³/mol. The summed E-state index contributed by atoms with van der Waals surface area (Å²) in [5.74, 6) is 0.467. The van der Waals surface area contributed by atoms with Crippen LogP contribution in [0.25, 0.3) is 22.4 Å². The summed E-state index contributed by atoms with van der Waals surface area (Å²) in [6.07, 6.45) is 4.29. The van der Waals surface area contributed by atoms with Gasteiger partial charge in [-0.2, -0.15) is 0 Å². The van der Waals surface area contributed by atoms with Crippen LogP contribution in [-0.2, 0) is 18.9 Å². The molecule has 2 aromatic heterocycles. The van der Waals surface area contributed by atoms with Gasteiger partial charge in [0.1, 0.15) is 10.4 Å². The van der Waals surface area contributed by atoms with Gasteiger partial charge in [-0.15, -0.1) is 0 Å². The number of carbonyl (C=O) groups excluding carboxylic acids is 1. The van der Waals surface area contributed by atoms with Crippen LogP contribution in [0.3, 0.4) is 0 Å². The molecule has 1 aliphatic rings. The molecule has 0 unspecified atom stereocenters. The molecular formula is C21H23N5O3S. The Labute approximate surface area is 177 Å². The molecule has 0 spiro atoms. The van der Waals surface area contributed by atoms with E-state index in [-0.39, 0.29) is 28.7 Å². The maximum atomic E-state index is 12.8. The summed E-state index contributed by atoms with van der Waals surface area (Å²) in [5.41, 5.74) is 0.104. The van der Waals surface area contributed by atoms with Gasteiger partial charge in [0.05, 0.1) is 5.75 Å². The molecule has 0 atom stereocenters. The van der Waals surface area contributed by atoms with Crippen molar-refractivity contribution in [2.24, 2.45) is 14.1 Å². The minimum atomic E-state index is -0.466. The molecule has 0 radical (unpaired) electrons. The largest absolute Gasteiger partial charge is 0.353 e. The van der Waals surface area contributed by atoms with E-state index in [0.29, 0.717) is 10.9 Å². The van der Waals surface area contributed by atoms with Crippen molar-refractivity contribution in [2.45, 2.75) is 36.8 Å². The van der Waals surface area contributed by atoms with E-state index in [1.54, 1.807) is 7.05 Å². The van der Waals surface area contributed by atoms with Crippen molar-refractivity contribution in [1.82, 2.24) is 24.4 Å². The minimum Gasteiger partial charge on any atom is -0.353 e. The third kappa shape index (κ3) is 3.89. The lowest BCUT2D eigenvalue weighted by atomic mass is 10.2. The third-order valence-corrected chi connectivity index (χ3v) is 6.33. The van der Waals surface area contributed by atoms with Gasteiger partial charge in [-0.25, -0.2) is 14.8 Å². The second-order valence-corrected chi connectivity index (χ2v) is 8.42. The zero-order valence-corrected chi connectivity index (χ0v) is 17.7. The van der Waals surface area contributed by atoms with E-state index in [1.165, 1.54) is 23.4 Å². The summed E-state index contributed by atoms with van der Waals surface area (Å²) in [6.45, 7) is 0. The van der Waals surface area contributed by atoms with Crippen LogP contribution in [0.1, 0.15) is 25.7 Å². The number of fused-ring (bicyclic) bond motifs is 1. The fourth-order valence-electron chi connectivity index (χ4n) is 3.72. The van der Waals surface area contributed by atoms with Gasteiger partial charge in [0, 0.05) is 25.7 Å². The Bertz CT molecular complexity index is 1210. The van der Waals surface area contributed by atoms with Crippen LogP contribution >= 0.6 is 11.8 Å². The average molecular weight is 426 g/mol. The summed E-state index contributed by atoms with van der Waals surface area (Å²) in [6, 6.07) is 9.58. The zero-order valence-electron chi connectivity index (χ0n) is 16.9. The Balaban J connectivity index is 1.76. The number of aromatic nitrogens is 4. The van der Waals surface area contributed by atoms with Gasteiger partial charge in [0.15, 0.2) is 11.5 Å². The highest BCUT2D eigenvalue weighted by atomic mass is 32.2. The zero-order chi connectivity index (χ0) is 21.3. The Hall–Kier alpha value is -2.94. The van der Waals surface area contributed by atoms with Gasteiger partial charge in [0.25, 0.3) is 5.56 Å². The number of benzene rings is 1. The number of nitrogens with zero attached hydrogens (tertiary/aromatic N) is 4. The molecule has 1 saturated carbocycles. The molecule has 4 rings (SSSR count). The van der Waals surface area contributed by atoms with Gasteiger partial charge >= 0.3 is 5.69 Å². The average Bonchev–Trinajstić information content (AvgIpc) is 3.27. The van der Waals surface area contributed by atoms with Crippen molar-refractivity contribution in [2.75, 3.05) is 5.75 Å². The van der Waals surface area contributed by atoms with Crippen molar-refractivity contribution in [3.05, 3.63) is 51.2 Å². The smallest absolute Gasteiger partial charge is 0.332 e. The minimum absolute atomic E-state index is 0.0819. The highest BCUT2D eigenvalue weighted by Crippen LogP contribution is 2.26. The molecule has 1 amide bonds. The molecule has 1 aromatic carbocycles. The number of hydrogen-bond acceptors (Lipinski definition) is 6. The van der Waals surface area contributed by atoms with Gasteiger partial charge in [0.2, 0.25) is 5.91 Å². The van der Waals surface area contributed by atoms with E-state index >= 15 is 0 Å². The number of rotatable bonds is 5. The third-order valence-electron chi connectivity index (χ3n) is 5.36. The Kier molecular flexibility index (Phi) is 5.72. The first-order valence-electron chi connectivity index (χ1n) is 9.91. The summed E-state index contributed by atoms with van der Waals surface area (Å²) in [5, 5.41) is 3.70. The number of carbonyl (C=O) groups is 1. The van der Waals surface area contributed by atoms with Gasteiger partial charge < -0.3 is 5.32 Å². The molecule has 156 valence electrons. The van der Waals surface area contributed by atoms with Crippen LogP contribution in [0.5, 0.6) is 0 Å². The lowest BCUT2D eigenvalue weighted by Gasteiger charge is -2.13. The summed E-state index contributed by atoms with van der Waals surface area (Å²) >= 11 is 1.20. The summed E-state index contributed by atoms with van der Waals surface area (Å²) in [4.78, 5) is 46.8. The fourth-order valence-corrected chi connectivity index (χ4v) is 4.55. The SMILES string of the molecule is Cn1c(=O)c2c(SCC(=O)NC3CCCC3)nc(-c3ccccc3)nc2n(C)c1=O. The van der Waals surface area contributed by atoms with Gasteiger partial charge in [-0.3, -0.25) is 18.7 Å². The highest BCUT2D eigenvalue weighted by Gasteiger charge is 2.21. The Morgan fingerprint density at radius 2 is 1.80 bits per heavy atom. The van der Waals surface area contributed by atoms with E-state index in [2.05, 4.69) is 15.3 Å². The van der Waals surface area contributed by atoms with Crippen LogP contribution in [0.2, 0.25) is 0 Å². The normalized spacial score (nSPS) is 14.3. The van der Waals surface area contributed by atoms with Crippen molar-refractivity contribution >= 4 is 28.7 Å². The quantitative estimate of drug-likeness (QED) is 0.495. The fraction of sp³-hybridized carbons (Fsp3) is 0.381. The van der Waals surface area contributed by atoms with Crippen LogP contribution in [0.4, 0.5) is 0 Å². The number of aryl methyl sites for hydroxylation is 1. The molecule has 9 heteroatoms. The molecule has 1 aliphatic carbocycles. The van der Waals surface area contributed by atoms with Crippen LogP contribution in [0.15, 0.2) is 44.9 Å². The molecular weight excluding hydrogens is 402 g/mol. The van der Waals surface area contributed by atoms with Gasteiger partial charge in [-0.05, 0) is 12.8 Å². The number of thioether (sulfide) groups is 1. The van der Waals surface area contributed by atoms with Crippen molar-refractivity contribution in [1.29, 1.82) is 0 Å². The lowest BCUT2D eigenvalue weighted by Crippen LogP contribution is -2.38. The van der Waals surface area contributed by atoms with Crippen LogP contribution < -0.4 is 16.6 Å². The summed E-state index contributed by atoms with van der Waals surface area (Å²) in [7, 11) is 3.00. The summed E-state index contributed by atoms with van der Waals surface area (Å²) < 4.78 is 2.38. The molecule has 2 heterocycles. The van der Waals surface area contributed by atoms with Crippen LogP contribution in [-0.4, -0.2) is 36.8 Å². The Morgan fingerprint density at radius 3 is 2.50 bits per heavy atom. The molecule has 0 aliphatic heterocycles. The lowest BCUT2D eigenvalue weighted by molar-refractivity contribution is -0.119. The molecule has 0 saturated heterocycles. The number of hydrogen-bond donors (Lipinski definition) is 1. The molecule has 3 aromatic rings. The maximum Gasteiger partial charge on any atom is 0.332 e. The van der Waals surface area contributed by atoms with Crippen molar-refractivity contribution in [3.63, 3.8) is 0 Å². The molecule has 1 N–H and O–H groups in total. The predicted octanol–water partition coefficient (Wildman–Crippen LogP) is 1.85. The first kappa shape index (κ1) is 20.3. The van der Waals surface area contributed by atoms with E-state index in [1.807, 2.05) is 30.3 Å². The topological polar surface area (TPSA) is 98.9 Å². The standard InChI is InChI=1S/C21H23N5O3S/c1-25-18-16(20(28)26(2)21(25)29)19(24-17(23-18)13-8-4-3-5-9-13)30-12-15(27)22-14-10-6-7-11-14/h3-5,8-9,14H,6-7,10-12H2,1-2H3,(H,22,27). The first-order valence-corrected chi connectivity index (χ1v) is 10.9. The van der Waals surface area contributed by atoms with Gasteiger partial charge in [-0.1, -0.05) is 54.9 Å². The van der Waals surface area contributed by atoms with E-state index in [9.17, 15) is 14.4 Å². The van der Waals surface area contributed by atoms with E-state index < -0.39 is 11.2 Å². The number of amides is 1. The molecule has 0 bridgehead atoms. The van der Waals surface area contributed by atoms with Crippen LogP contribution in [0, 0.1) is 0 Å². The van der Waals surface area contributed by atoms with E-state index in [0.717, 1.165) is 35.8 Å².